The van der Waals surface area contributed by atoms with E-state index in [1.54, 1.807) is 18.2 Å². The van der Waals surface area contributed by atoms with Gasteiger partial charge in [-0.3, -0.25) is 0 Å². The third-order valence-corrected chi connectivity index (χ3v) is 5.06. The molecule has 0 aromatic heterocycles. The summed E-state index contributed by atoms with van der Waals surface area (Å²) >= 11 is 5.81. The fourth-order valence-electron chi connectivity index (χ4n) is 1.93. The zero-order valence-electron chi connectivity index (χ0n) is 11.4. The Bertz CT molecular complexity index is 697. The van der Waals surface area contributed by atoms with E-state index in [2.05, 4.69) is 6.58 Å². The predicted molar refractivity (Wildman–Crippen MR) is 85.7 cm³/mol. The molecule has 0 heterocycles. The van der Waals surface area contributed by atoms with Crippen LogP contribution in [0.1, 0.15) is 5.56 Å². The second kappa shape index (κ2) is 6.89. The first-order valence-corrected chi connectivity index (χ1v) is 8.26. The number of sulfonamides is 1. The van der Waals surface area contributed by atoms with Crippen molar-refractivity contribution >= 4 is 21.6 Å². The molecule has 110 valence electrons. The Morgan fingerprint density at radius 3 is 2.24 bits per heavy atom. The van der Waals surface area contributed by atoms with Crippen LogP contribution in [0.5, 0.6) is 0 Å². The highest BCUT2D eigenvalue weighted by Crippen LogP contribution is 2.20. The molecule has 21 heavy (non-hydrogen) atoms. The van der Waals surface area contributed by atoms with E-state index in [-0.39, 0.29) is 11.4 Å². The molecule has 2 aromatic rings. The van der Waals surface area contributed by atoms with Crippen LogP contribution in [0.25, 0.3) is 0 Å². The van der Waals surface area contributed by atoms with Gasteiger partial charge in [0.05, 0.1) is 4.90 Å². The van der Waals surface area contributed by atoms with Crippen LogP contribution in [0.3, 0.4) is 0 Å². The van der Waals surface area contributed by atoms with Crippen LogP contribution in [0.4, 0.5) is 0 Å². The van der Waals surface area contributed by atoms with Crippen molar-refractivity contribution in [2.45, 2.75) is 11.4 Å². The lowest BCUT2D eigenvalue weighted by molar-refractivity contribution is 0.438. The van der Waals surface area contributed by atoms with E-state index in [0.29, 0.717) is 11.6 Å². The van der Waals surface area contributed by atoms with E-state index in [1.165, 1.54) is 16.4 Å². The van der Waals surface area contributed by atoms with Gasteiger partial charge in [-0.15, -0.1) is 6.58 Å². The Morgan fingerprint density at radius 2 is 1.67 bits per heavy atom. The van der Waals surface area contributed by atoms with Gasteiger partial charge in [0, 0.05) is 18.1 Å². The van der Waals surface area contributed by atoms with Gasteiger partial charge < -0.3 is 0 Å². The number of nitrogens with zero attached hydrogens (tertiary/aromatic N) is 1. The summed E-state index contributed by atoms with van der Waals surface area (Å²) in [5.41, 5.74) is 0.928. The van der Waals surface area contributed by atoms with Crippen LogP contribution in [-0.2, 0) is 16.6 Å². The molecule has 0 atom stereocenters. The summed E-state index contributed by atoms with van der Waals surface area (Å²) in [6.07, 6.45) is 1.58. The molecule has 0 bridgehead atoms. The average molecular weight is 322 g/mol. The number of rotatable bonds is 6. The zero-order valence-corrected chi connectivity index (χ0v) is 13.0. The molecule has 2 rings (SSSR count). The van der Waals surface area contributed by atoms with Crippen molar-refractivity contribution in [1.82, 2.24) is 4.31 Å². The predicted octanol–water partition coefficient (Wildman–Crippen LogP) is 3.72. The molecule has 0 saturated heterocycles. The summed E-state index contributed by atoms with van der Waals surface area (Å²) < 4.78 is 26.7. The van der Waals surface area contributed by atoms with E-state index in [1.807, 2.05) is 30.3 Å². The lowest BCUT2D eigenvalue weighted by Gasteiger charge is -2.21. The summed E-state index contributed by atoms with van der Waals surface area (Å²) in [7, 11) is -3.57. The maximum absolute atomic E-state index is 12.7. The summed E-state index contributed by atoms with van der Waals surface area (Å²) in [6, 6.07) is 15.6. The number of halogens is 1. The van der Waals surface area contributed by atoms with E-state index < -0.39 is 10.0 Å². The van der Waals surface area contributed by atoms with Crippen molar-refractivity contribution in [2.24, 2.45) is 0 Å². The smallest absolute Gasteiger partial charge is 0.207 e. The molecule has 2 aromatic carbocycles. The Morgan fingerprint density at radius 1 is 1.05 bits per heavy atom. The minimum absolute atomic E-state index is 0.227. The third kappa shape index (κ3) is 3.94. The largest absolute Gasteiger partial charge is 0.243 e. The van der Waals surface area contributed by atoms with Gasteiger partial charge in [-0.25, -0.2) is 8.42 Å². The SMILES string of the molecule is C=CCN(Cc1ccccc1)S(=O)(=O)c1ccc(Cl)cc1. The quantitative estimate of drug-likeness (QED) is 0.760. The molecule has 0 aliphatic heterocycles. The van der Waals surface area contributed by atoms with Crippen molar-refractivity contribution in [1.29, 1.82) is 0 Å². The second-order valence-electron chi connectivity index (χ2n) is 4.53. The molecule has 0 aliphatic carbocycles. The number of hydrogen-bond acceptors (Lipinski definition) is 2. The summed E-state index contributed by atoms with van der Waals surface area (Å²) in [4.78, 5) is 0.227. The van der Waals surface area contributed by atoms with Gasteiger partial charge in [0.1, 0.15) is 0 Å². The van der Waals surface area contributed by atoms with Crippen LogP contribution < -0.4 is 0 Å². The number of hydrogen-bond donors (Lipinski definition) is 0. The standard InChI is InChI=1S/C16H16ClNO2S/c1-2-12-18(13-14-6-4-3-5-7-14)21(19,20)16-10-8-15(17)9-11-16/h2-11H,1,12-13H2. The first-order valence-electron chi connectivity index (χ1n) is 6.44. The van der Waals surface area contributed by atoms with Crippen LogP contribution in [0.15, 0.2) is 72.1 Å². The average Bonchev–Trinajstić information content (AvgIpc) is 2.48. The van der Waals surface area contributed by atoms with Gasteiger partial charge in [0.15, 0.2) is 0 Å². The molecule has 0 aliphatic rings. The molecule has 0 fully saturated rings. The van der Waals surface area contributed by atoms with Crippen molar-refractivity contribution in [2.75, 3.05) is 6.54 Å². The Kier molecular flexibility index (Phi) is 5.17. The molecule has 0 unspecified atom stereocenters. The first kappa shape index (κ1) is 15.8. The van der Waals surface area contributed by atoms with E-state index in [9.17, 15) is 8.42 Å². The summed E-state index contributed by atoms with van der Waals surface area (Å²) in [6.45, 7) is 4.19. The highest BCUT2D eigenvalue weighted by atomic mass is 35.5. The van der Waals surface area contributed by atoms with Crippen molar-refractivity contribution in [3.05, 3.63) is 77.8 Å². The van der Waals surface area contributed by atoms with Gasteiger partial charge in [-0.1, -0.05) is 48.0 Å². The molecule has 0 radical (unpaired) electrons. The Balaban J connectivity index is 2.32. The topological polar surface area (TPSA) is 37.4 Å². The van der Waals surface area contributed by atoms with Crippen molar-refractivity contribution in [3.63, 3.8) is 0 Å². The molecule has 5 heteroatoms. The molecule has 0 amide bonds. The first-order chi connectivity index (χ1) is 10.0. The maximum atomic E-state index is 12.7. The molecule has 0 spiro atoms. The van der Waals surface area contributed by atoms with E-state index in [0.717, 1.165) is 5.56 Å². The molecule has 0 saturated carbocycles. The van der Waals surface area contributed by atoms with Crippen LogP contribution in [0, 0.1) is 0 Å². The minimum Gasteiger partial charge on any atom is -0.207 e. The van der Waals surface area contributed by atoms with Gasteiger partial charge in [0.2, 0.25) is 10.0 Å². The normalized spacial score (nSPS) is 11.5. The minimum atomic E-state index is -3.57. The van der Waals surface area contributed by atoms with Crippen molar-refractivity contribution < 1.29 is 8.42 Å². The van der Waals surface area contributed by atoms with Gasteiger partial charge in [-0.2, -0.15) is 4.31 Å². The molecular formula is C16H16ClNO2S. The van der Waals surface area contributed by atoms with E-state index in [4.69, 9.17) is 11.6 Å². The number of benzene rings is 2. The van der Waals surface area contributed by atoms with Crippen LogP contribution >= 0.6 is 11.6 Å². The zero-order chi connectivity index (χ0) is 15.3. The lowest BCUT2D eigenvalue weighted by Crippen LogP contribution is -2.30. The highest BCUT2D eigenvalue weighted by Gasteiger charge is 2.23. The Hall–Kier alpha value is -1.62. The van der Waals surface area contributed by atoms with Crippen LogP contribution in [-0.4, -0.2) is 19.3 Å². The highest BCUT2D eigenvalue weighted by molar-refractivity contribution is 7.89. The molecular weight excluding hydrogens is 306 g/mol. The monoisotopic (exact) mass is 321 g/mol. The lowest BCUT2D eigenvalue weighted by atomic mass is 10.2. The fraction of sp³-hybridized carbons (Fsp3) is 0.125. The van der Waals surface area contributed by atoms with Gasteiger partial charge in [0.25, 0.3) is 0 Å². The summed E-state index contributed by atoms with van der Waals surface area (Å²) in [5, 5.41) is 0.507. The molecule has 3 nitrogen and oxygen atoms in total. The third-order valence-electron chi connectivity index (χ3n) is 2.99. The van der Waals surface area contributed by atoms with E-state index >= 15 is 0 Å². The Labute approximate surface area is 130 Å². The second-order valence-corrected chi connectivity index (χ2v) is 6.90. The van der Waals surface area contributed by atoms with Crippen LogP contribution in [0.2, 0.25) is 5.02 Å². The maximum Gasteiger partial charge on any atom is 0.243 e. The fourth-order valence-corrected chi connectivity index (χ4v) is 3.46. The summed E-state index contributed by atoms with van der Waals surface area (Å²) in [5.74, 6) is 0. The van der Waals surface area contributed by atoms with Gasteiger partial charge >= 0.3 is 0 Å². The van der Waals surface area contributed by atoms with Gasteiger partial charge in [-0.05, 0) is 29.8 Å². The van der Waals surface area contributed by atoms with Crippen molar-refractivity contribution in [3.8, 4) is 0 Å². The molecule has 0 N–H and O–H groups in total.